The first-order valence-electron chi connectivity index (χ1n) is 13.9. The molecule has 2 amide bonds. The van der Waals surface area contributed by atoms with Gasteiger partial charge in [0, 0.05) is 55.8 Å². The van der Waals surface area contributed by atoms with Gasteiger partial charge in [0.15, 0.2) is 16.8 Å². The van der Waals surface area contributed by atoms with Crippen molar-refractivity contribution in [1.29, 1.82) is 0 Å². The lowest BCUT2D eigenvalue weighted by atomic mass is 9.95. The van der Waals surface area contributed by atoms with E-state index in [0.29, 0.717) is 38.3 Å². The van der Waals surface area contributed by atoms with Crippen LogP contribution < -0.4 is 5.56 Å². The molecule has 41 heavy (non-hydrogen) atoms. The molecule has 2 aromatic carbocycles. The van der Waals surface area contributed by atoms with Crippen LogP contribution in [0.3, 0.4) is 0 Å². The molecule has 0 atom stereocenters. The highest BCUT2D eigenvalue weighted by molar-refractivity contribution is 7.99. The van der Waals surface area contributed by atoms with E-state index in [0.717, 1.165) is 52.2 Å². The molecule has 7 rings (SSSR count). The Morgan fingerprint density at radius 1 is 0.854 bits per heavy atom. The molecule has 11 heteroatoms. The number of nitrogens with zero attached hydrogens (tertiary/aromatic N) is 7. The molecular weight excluding hydrogens is 538 g/mol. The van der Waals surface area contributed by atoms with Gasteiger partial charge in [-0.3, -0.25) is 14.4 Å². The van der Waals surface area contributed by atoms with Crippen LogP contribution >= 0.6 is 11.8 Å². The number of benzene rings is 2. The summed E-state index contributed by atoms with van der Waals surface area (Å²) in [5.41, 5.74) is 4.33. The standard InChI is InChI=1S/C30H29N7O3S/c38-26(35-10-11-37-25(19-35)32-33-28(37)22-4-2-1-3-5-22)15-20-6-7-21-8-9-34(17-23(21)14-20)27(39)16-24-18-36-12-13-41-30(36)31-29(24)40/h1-7,14,18H,8-13,15-17,19H2. The van der Waals surface area contributed by atoms with E-state index in [1.54, 1.807) is 18.0 Å². The summed E-state index contributed by atoms with van der Waals surface area (Å²) in [5.74, 6) is 2.49. The number of carbonyl (C=O) groups excluding carboxylic acids is 2. The van der Waals surface area contributed by atoms with Gasteiger partial charge in [-0.25, -0.2) is 0 Å². The van der Waals surface area contributed by atoms with Gasteiger partial charge >= 0.3 is 0 Å². The summed E-state index contributed by atoms with van der Waals surface area (Å²) >= 11 is 1.56. The summed E-state index contributed by atoms with van der Waals surface area (Å²) in [4.78, 5) is 46.7. The molecule has 4 aromatic rings. The lowest BCUT2D eigenvalue weighted by Crippen LogP contribution is -2.39. The van der Waals surface area contributed by atoms with E-state index in [4.69, 9.17) is 0 Å². The van der Waals surface area contributed by atoms with E-state index >= 15 is 0 Å². The highest BCUT2D eigenvalue weighted by atomic mass is 32.2. The predicted octanol–water partition coefficient (Wildman–Crippen LogP) is 2.32. The highest BCUT2D eigenvalue weighted by Crippen LogP contribution is 2.25. The van der Waals surface area contributed by atoms with Gasteiger partial charge in [0.2, 0.25) is 11.8 Å². The number of carbonyl (C=O) groups is 2. The third kappa shape index (κ3) is 5.06. The van der Waals surface area contributed by atoms with E-state index in [-0.39, 0.29) is 30.2 Å². The summed E-state index contributed by atoms with van der Waals surface area (Å²) in [7, 11) is 0. The van der Waals surface area contributed by atoms with Crippen LogP contribution in [0.4, 0.5) is 0 Å². The third-order valence-electron chi connectivity index (χ3n) is 8.06. The van der Waals surface area contributed by atoms with Gasteiger partial charge < -0.3 is 18.9 Å². The van der Waals surface area contributed by atoms with Crippen molar-refractivity contribution in [2.24, 2.45) is 0 Å². The van der Waals surface area contributed by atoms with Crippen LogP contribution in [0.5, 0.6) is 0 Å². The summed E-state index contributed by atoms with van der Waals surface area (Å²) in [5, 5.41) is 9.47. The van der Waals surface area contributed by atoms with Crippen molar-refractivity contribution in [3.63, 3.8) is 0 Å². The molecule has 3 aliphatic heterocycles. The maximum absolute atomic E-state index is 13.3. The van der Waals surface area contributed by atoms with E-state index in [1.807, 2.05) is 50.8 Å². The minimum atomic E-state index is -0.315. The van der Waals surface area contributed by atoms with E-state index in [2.05, 4.69) is 31.9 Å². The number of hydrogen-bond donors (Lipinski definition) is 0. The number of hydrogen-bond acceptors (Lipinski definition) is 7. The number of amides is 2. The van der Waals surface area contributed by atoms with Gasteiger partial charge in [-0.2, -0.15) is 4.98 Å². The van der Waals surface area contributed by atoms with Crippen LogP contribution in [0.1, 0.15) is 28.1 Å². The minimum absolute atomic E-state index is 0.0481. The monoisotopic (exact) mass is 567 g/mol. The minimum Gasteiger partial charge on any atom is -0.338 e. The Kier molecular flexibility index (Phi) is 6.66. The maximum atomic E-state index is 13.3. The van der Waals surface area contributed by atoms with Crippen molar-refractivity contribution < 1.29 is 9.59 Å². The predicted molar refractivity (Wildman–Crippen MR) is 153 cm³/mol. The first kappa shape index (κ1) is 25.7. The molecule has 0 radical (unpaired) electrons. The molecule has 0 saturated carbocycles. The quantitative estimate of drug-likeness (QED) is 0.341. The molecular formula is C30H29N7O3S. The van der Waals surface area contributed by atoms with E-state index in [1.165, 1.54) is 5.56 Å². The van der Waals surface area contributed by atoms with Crippen LogP contribution in [-0.4, -0.2) is 64.8 Å². The Hall–Kier alpha value is -4.25. The van der Waals surface area contributed by atoms with E-state index < -0.39 is 0 Å². The van der Waals surface area contributed by atoms with Gasteiger partial charge in [-0.05, 0) is 23.1 Å². The van der Waals surface area contributed by atoms with E-state index in [9.17, 15) is 14.4 Å². The molecule has 0 fully saturated rings. The number of aromatic nitrogens is 5. The fourth-order valence-corrected chi connectivity index (χ4v) is 6.75. The maximum Gasteiger partial charge on any atom is 0.277 e. The van der Waals surface area contributed by atoms with Crippen LogP contribution in [0, 0.1) is 0 Å². The zero-order valence-corrected chi connectivity index (χ0v) is 23.3. The highest BCUT2D eigenvalue weighted by Gasteiger charge is 2.27. The average Bonchev–Trinajstić information content (AvgIpc) is 3.63. The number of fused-ring (bicyclic) bond motifs is 3. The Bertz CT molecular complexity index is 1710. The largest absolute Gasteiger partial charge is 0.338 e. The second-order valence-corrected chi connectivity index (χ2v) is 11.8. The van der Waals surface area contributed by atoms with Gasteiger partial charge in [0.25, 0.3) is 5.56 Å². The Labute approximate surface area is 241 Å². The summed E-state index contributed by atoms with van der Waals surface area (Å²) in [6, 6.07) is 16.1. The molecule has 0 aliphatic carbocycles. The van der Waals surface area contributed by atoms with Gasteiger partial charge in [0.05, 0.1) is 19.4 Å². The van der Waals surface area contributed by atoms with Crippen molar-refractivity contribution in [3.8, 4) is 11.4 Å². The zero-order valence-electron chi connectivity index (χ0n) is 22.5. The van der Waals surface area contributed by atoms with Crippen molar-refractivity contribution >= 4 is 23.6 Å². The van der Waals surface area contributed by atoms with Crippen molar-refractivity contribution in [2.45, 2.75) is 50.6 Å². The Morgan fingerprint density at radius 2 is 1.68 bits per heavy atom. The number of rotatable bonds is 5. The van der Waals surface area contributed by atoms with Gasteiger partial charge in [-0.15, -0.1) is 10.2 Å². The Morgan fingerprint density at radius 3 is 2.56 bits per heavy atom. The second-order valence-electron chi connectivity index (χ2n) is 10.7. The number of thioether (sulfide) groups is 1. The smallest absolute Gasteiger partial charge is 0.277 e. The summed E-state index contributed by atoms with van der Waals surface area (Å²) in [6.45, 7) is 3.58. The molecule has 0 N–H and O–H groups in total. The molecule has 10 nitrogen and oxygen atoms in total. The van der Waals surface area contributed by atoms with Gasteiger partial charge in [0.1, 0.15) is 0 Å². The first-order chi connectivity index (χ1) is 20.0. The van der Waals surface area contributed by atoms with Crippen LogP contribution in [0.15, 0.2) is 64.7 Å². The Balaban J connectivity index is 1.00. The summed E-state index contributed by atoms with van der Waals surface area (Å²) < 4.78 is 4.05. The topological polar surface area (TPSA) is 106 Å². The number of aryl methyl sites for hydroxylation is 1. The van der Waals surface area contributed by atoms with Crippen molar-refractivity contribution in [1.82, 2.24) is 34.1 Å². The third-order valence-corrected chi connectivity index (χ3v) is 9.03. The van der Waals surface area contributed by atoms with Crippen LogP contribution in [0.25, 0.3) is 11.4 Å². The first-order valence-corrected chi connectivity index (χ1v) is 14.9. The lowest BCUT2D eigenvalue weighted by molar-refractivity contribution is -0.132. The van der Waals surface area contributed by atoms with Crippen molar-refractivity contribution in [3.05, 3.63) is 93.2 Å². The zero-order chi connectivity index (χ0) is 27.9. The molecule has 0 unspecified atom stereocenters. The summed E-state index contributed by atoms with van der Waals surface area (Å²) in [6.07, 6.45) is 2.88. The molecule has 0 bridgehead atoms. The molecule has 208 valence electrons. The fourth-order valence-electron chi connectivity index (χ4n) is 5.82. The van der Waals surface area contributed by atoms with Crippen LogP contribution in [-0.2, 0) is 55.0 Å². The SMILES string of the molecule is O=C(Cc1cn2c(nc1=O)SCC2)N1CCc2ccc(CC(=O)N3CCn4c(nnc4-c4ccccc4)C3)cc2C1. The van der Waals surface area contributed by atoms with Gasteiger partial charge in [-0.1, -0.05) is 60.3 Å². The molecule has 3 aliphatic rings. The average molecular weight is 568 g/mol. The molecule has 0 saturated heterocycles. The van der Waals surface area contributed by atoms with Crippen molar-refractivity contribution in [2.75, 3.05) is 18.8 Å². The fraction of sp³-hybridized carbons (Fsp3) is 0.333. The van der Waals surface area contributed by atoms with Crippen LogP contribution in [0.2, 0.25) is 0 Å². The lowest BCUT2D eigenvalue weighted by Gasteiger charge is -2.30. The molecule has 5 heterocycles. The second kappa shape index (κ2) is 10.6. The molecule has 2 aromatic heterocycles. The normalized spacial score (nSPS) is 15.8. The molecule has 0 spiro atoms.